The minimum Gasteiger partial charge on any atom is -0.356 e. The first-order valence-electron chi connectivity index (χ1n) is 5.01. The summed E-state index contributed by atoms with van der Waals surface area (Å²) in [5.74, 6) is 1.09. The molecule has 0 atom stereocenters. The summed E-state index contributed by atoms with van der Waals surface area (Å²) in [6, 6.07) is 0. The molecule has 0 bridgehead atoms. The molecule has 1 heterocycles. The minimum atomic E-state index is 0.0966. The number of amides is 1. The Morgan fingerprint density at radius 3 is 2.33 bits per heavy atom. The van der Waals surface area contributed by atoms with Gasteiger partial charge in [-0.1, -0.05) is 20.8 Å². The molecule has 0 aromatic rings. The lowest BCUT2D eigenvalue weighted by molar-refractivity contribution is -0.134. The van der Waals surface area contributed by atoms with Gasteiger partial charge < -0.3 is 5.32 Å². The van der Waals surface area contributed by atoms with Crippen LogP contribution in [0.1, 0.15) is 40.0 Å². The highest BCUT2D eigenvalue weighted by Crippen LogP contribution is 2.49. The fourth-order valence-corrected chi connectivity index (χ4v) is 2.38. The van der Waals surface area contributed by atoms with Gasteiger partial charge >= 0.3 is 0 Å². The number of hydrogen-bond acceptors (Lipinski definition) is 1. The van der Waals surface area contributed by atoms with E-state index in [1.807, 2.05) is 13.8 Å². The number of rotatable bonds is 0. The summed E-state index contributed by atoms with van der Waals surface area (Å²) in [5.41, 5.74) is 0.0966. The van der Waals surface area contributed by atoms with Crippen molar-refractivity contribution < 1.29 is 4.79 Å². The van der Waals surface area contributed by atoms with Gasteiger partial charge in [-0.05, 0) is 25.2 Å². The van der Waals surface area contributed by atoms with Crippen molar-refractivity contribution >= 4 is 5.91 Å². The van der Waals surface area contributed by atoms with E-state index in [0.29, 0.717) is 5.91 Å². The Morgan fingerprint density at radius 2 is 2.00 bits per heavy atom. The first-order chi connectivity index (χ1) is 5.73. The second-order valence-corrected chi connectivity index (χ2v) is 3.80. The molecule has 1 aliphatic heterocycles. The van der Waals surface area contributed by atoms with Crippen molar-refractivity contribution in [3.63, 3.8) is 0 Å². The fraction of sp³-hybridized carbons (Fsp3) is 0.900. The third kappa shape index (κ3) is 1.35. The van der Waals surface area contributed by atoms with Gasteiger partial charge in [0.25, 0.3) is 0 Å². The molecule has 2 rings (SSSR count). The van der Waals surface area contributed by atoms with Crippen LogP contribution in [-0.2, 0) is 4.79 Å². The highest BCUT2D eigenvalue weighted by Gasteiger charge is 2.50. The molecule has 1 aliphatic carbocycles. The third-order valence-electron chi connectivity index (χ3n) is 2.85. The number of carbonyl (C=O) groups excluding carboxylic acids is 1. The molecule has 1 saturated carbocycles. The summed E-state index contributed by atoms with van der Waals surface area (Å²) in [7, 11) is 0. The first kappa shape index (κ1) is 9.56. The van der Waals surface area contributed by atoms with Crippen LogP contribution in [0.15, 0.2) is 0 Å². The van der Waals surface area contributed by atoms with Crippen molar-refractivity contribution in [2.24, 2.45) is 11.3 Å². The average Bonchev–Trinajstić information content (AvgIpc) is 2.37. The summed E-state index contributed by atoms with van der Waals surface area (Å²) in [5, 5.41) is 2.89. The van der Waals surface area contributed by atoms with Crippen molar-refractivity contribution in [2.45, 2.75) is 40.0 Å². The van der Waals surface area contributed by atoms with Crippen LogP contribution >= 0.6 is 0 Å². The third-order valence-corrected chi connectivity index (χ3v) is 2.85. The molecular weight excluding hydrogens is 150 g/mol. The van der Waals surface area contributed by atoms with Gasteiger partial charge in [0.05, 0.1) is 5.41 Å². The van der Waals surface area contributed by atoms with Crippen LogP contribution in [0.5, 0.6) is 0 Å². The van der Waals surface area contributed by atoms with Gasteiger partial charge in [-0.3, -0.25) is 4.79 Å². The molecule has 12 heavy (non-hydrogen) atoms. The molecular formula is C10H19NO. The van der Waals surface area contributed by atoms with Gasteiger partial charge in [0.2, 0.25) is 5.91 Å². The normalized spacial score (nSPS) is 38.2. The average molecular weight is 169 g/mol. The zero-order valence-electron chi connectivity index (χ0n) is 8.31. The number of carbonyl (C=O) groups is 1. The zero-order valence-corrected chi connectivity index (χ0v) is 8.31. The second-order valence-electron chi connectivity index (χ2n) is 3.80. The van der Waals surface area contributed by atoms with E-state index in [1.54, 1.807) is 0 Å². The Labute approximate surface area is 74.7 Å². The highest BCUT2D eigenvalue weighted by atomic mass is 16.2. The van der Waals surface area contributed by atoms with Gasteiger partial charge in [-0.25, -0.2) is 0 Å². The van der Waals surface area contributed by atoms with E-state index in [4.69, 9.17) is 0 Å². The molecule has 1 N–H and O–H groups in total. The Morgan fingerprint density at radius 1 is 1.42 bits per heavy atom. The molecule has 2 fully saturated rings. The van der Waals surface area contributed by atoms with Crippen LogP contribution in [-0.4, -0.2) is 12.5 Å². The van der Waals surface area contributed by atoms with E-state index in [9.17, 15) is 4.79 Å². The Kier molecular flexibility index (Phi) is 2.76. The summed E-state index contributed by atoms with van der Waals surface area (Å²) in [6.07, 6.45) is 3.33. The van der Waals surface area contributed by atoms with Crippen molar-refractivity contribution in [1.82, 2.24) is 5.32 Å². The summed E-state index contributed by atoms with van der Waals surface area (Å²) >= 11 is 0. The summed E-state index contributed by atoms with van der Waals surface area (Å²) < 4.78 is 0. The largest absolute Gasteiger partial charge is 0.356 e. The Hall–Kier alpha value is -0.530. The van der Waals surface area contributed by atoms with E-state index in [-0.39, 0.29) is 5.41 Å². The lowest BCUT2D eigenvalue weighted by atomic mass is 9.62. The summed E-state index contributed by atoms with van der Waals surface area (Å²) in [4.78, 5) is 11.2. The zero-order chi connectivity index (χ0) is 9.19. The maximum absolute atomic E-state index is 11.2. The van der Waals surface area contributed by atoms with Crippen LogP contribution in [0.3, 0.4) is 0 Å². The van der Waals surface area contributed by atoms with Crippen LogP contribution in [0.4, 0.5) is 0 Å². The van der Waals surface area contributed by atoms with Gasteiger partial charge in [0.15, 0.2) is 0 Å². The molecule has 70 valence electrons. The predicted octanol–water partition coefficient (Wildman–Crippen LogP) is 1.95. The highest BCUT2D eigenvalue weighted by molar-refractivity contribution is 5.85. The first-order valence-corrected chi connectivity index (χ1v) is 5.01. The number of nitrogens with one attached hydrogen (secondary N) is 1. The van der Waals surface area contributed by atoms with E-state index >= 15 is 0 Å². The molecule has 0 unspecified atom stereocenters. The molecule has 0 radical (unpaired) electrons. The summed E-state index contributed by atoms with van der Waals surface area (Å²) in [6.45, 7) is 7.13. The standard InChI is InChI=1S/C8H13NO.C2H6/c1-6-4-8(5-6)2-3-9-7(8)10;1-2/h6H,2-5H2,1H3,(H,9,10);1-2H3. The number of hydrogen-bond donors (Lipinski definition) is 1. The molecule has 2 nitrogen and oxygen atoms in total. The van der Waals surface area contributed by atoms with Gasteiger partial charge in [-0.2, -0.15) is 0 Å². The van der Waals surface area contributed by atoms with Crippen LogP contribution < -0.4 is 5.32 Å². The smallest absolute Gasteiger partial charge is 0.226 e. The van der Waals surface area contributed by atoms with Crippen LogP contribution in [0, 0.1) is 11.3 Å². The predicted molar refractivity (Wildman–Crippen MR) is 49.8 cm³/mol. The molecule has 1 spiro atoms. The Bertz CT molecular complexity index is 171. The SMILES string of the molecule is CC.CC1CC2(CCNC2=O)C1. The van der Waals surface area contributed by atoms with Crippen molar-refractivity contribution in [3.8, 4) is 0 Å². The molecule has 2 heteroatoms. The molecule has 2 aliphatic rings. The lowest BCUT2D eigenvalue weighted by Gasteiger charge is -2.40. The monoisotopic (exact) mass is 169 g/mol. The molecule has 1 saturated heterocycles. The Balaban J connectivity index is 0.000000336. The minimum absolute atomic E-state index is 0.0966. The molecule has 1 amide bonds. The van der Waals surface area contributed by atoms with Gasteiger partial charge in [0.1, 0.15) is 0 Å². The maximum atomic E-state index is 11.2. The van der Waals surface area contributed by atoms with Crippen LogP contribution in [0.25, 0.3) is 0 Å². The van der Waals surface area contributed by atoms with E-state index in [1.165, 1.54) is 0 Å². The fourth-order valence-electron chi connectivity index (χ4n) is 2.38. The van der Waals surface area contributed by atoms with Crippen LogP contribution in [0.2, 0.25) is 0 Å². The van der Waals surface area contributed by atoms with Gasteiger partial charge in [-0.15, -0.1) is 0 Å². The van der Waals surface area contributed by atoms with Crippen molar-refractivity contribution in [2.75, 3.05) is 6.54 Å². The lowest BCUT2D eigenvalue weighted by Crippen LogP contribution is -2.41. The quantitative estimate of drug-likeness (QED) is 0.590. The topological polar surface area (TPSA) is 29.1 Å². The van der Waals surface area contributed by atoms with E-state index in [0.717, 1.165) is 31.7 Å². The van der Waals surface area contributed by atoms with E-state index in [2.05, 4.69) is 12.2 Å². The van der Waals surface area contributed by atoms with Crippen molar-refractivity contribution in [1.29, 1.82) is 0 Å². The van der Waals surface area contributed by atoms with Crippen molar-refractivity contribution in [3.05, 3.63) is 0 Å². The maximum Gasteiger partial charge on any atom is 0.226 e. The van der Waals surface area contributed by atoms with E-state index < -0.39 is 0 Å². The molecule has 0 aromatic heterocycles. The molecule has 0 aromatic carbocycles. The second kappa shape index (κ2) is 3.46. The van der Waals surface area contributed by atoms with Gasteiger partial charge in [0, 0.05) is 6.54 Å².